The van der Waals surface area contributed by atoms with Crippen LogP contribution in [0.1, 0.15) is 26.3 Å². The molecule has 1 heterocycles. The first kappa shape index (κ1) is 44.9. The molecule has 60 heavy (non-hydrogen) atoms. The van der Waals surface area contributed by atoms with Crippen LogP contribution in [0.4, 0.5) is 33.4 Å². The number of carbonyl (C=O) groups is 2. The van der Waals surface area contributed by atoms with Gasteiger partial charge >= 0.3 is 6.03 Å². The van der Waals surface area contributed by atoms with Crippen LogP contribution in [0.5, 0.6) is 28.7 Å². The Balaban J connectivity index is 1.22. The third-order valence-electron chi connectivity index (χ3n) is 8.70. The fourth-order valence-corrected chi connectivity index (χ4v) is 6.27. The Hall–Kier alpha value is -6.20. The average Bonchev–Trinajstić information content (AvgIpc) is 3.22. The van der Waals surface area contributed by atoms with Gasteiger partial charge in [0.25, 0.3) is 0 Å². The van der Waals surface area contributed by atoms with E-state index in [-0.39, 0.29) is 18.6 Å². The van der Waals surface area contributed by atoms with Gasteiger partial charge in [-0.05, 0) is 41.3 Å². The van der Waals surface area contributed by atoms with E-state index in [0.717, 1.165) is 22.0 Å². The van der Waals surface area contributed by atoms with Gasteiger partial charge in [-0.3, -0.25) is 4.79 Å². The smallest absolute Gasteiger partial charge is 0.323 e. The Labute approximate surface area is 354 Å². The highest BCUT2D eigenvalue weighted by Gasteiger charge is 2.21. The summed E-state index contributed by atoms with van der Waals surface area (Å²) in [6, 6.07) is 23.8. The van der Waals surface area contributed by atoms with Gasteiger partial charge in [0.05, 0.1) is 51.1 Å². The Kier molecular flexibility index (Phi) is 16.6. The molecule has 1 aromatic heterocycles. The Morgan fingerprint density at radius 1 is 0.800 bits per heavy atom. The number of anilines is 5. The number of carbonyl (C=O) groups excluding carboxylic acids is 2. The number of hydrogen-bond acceptors (Lipinski definition) is 14. The molecule has 0 aliphatic carbocycles. The Morgan fingerprint density at radius 2 is 1.53 bits per heavy atom. The molecule has 5 rings (SSSR count). The van der Waals surface area contributed by atoms with E-state index in [1.807, 2.05) is 66.9 Å². The van der Waals surface area contributed by atoms with Crippen LogP contribution in [0, 0.1) is 0 Å². The summed E-state index contributed by atoms with van der Waals surface area (Å²) in [4.78, 5) is 33.8. The fraction of sp³-hybridized carbons (Fsp3) is 0.295. The molecule has 0 aliphatic rings. The van der Waals surface area contributed by atoms with Crippen LogP contribution in [-0.4, -0.2) is 77.9 Å². The number of aldehydes is 1. The number of allylic oxidation sites excluding steroid dienone is 1. The number of nitrogens with zero attached hydrogens (tertiary/aromatic N) is 1. The number of urea groups is 1. The number of pyridine rings is 1. The second-order valence-corrected chi connectivity index (χ2v) is 14.6. The molecule has 0 radical (unpaired) electrons. The van der Waals surface area contributed by atoms with E-state index >= 15 is 0 Å². The maximum atomic E-state index is 13.5. The molecule has 0 saturated heterocycles. The zero-order valence-corrected chi connectivity index (χ0v) is 35.6. The molecule has 0 saturated carbocycles. The normalized spacial score (nSPS) is 11.4. The monoisotopic (exact) mass is 840 g/mol. The van der Waals surface area contributed by atoms with Crippen molar-refractivity contribution in [3.8, 4) is 28.7 Å². The first-order valence-electron chi connectivity index (χ1n) is 19.0. The summed E-state index contributed by atoms with van der Waals surface area (Å²) < 4.78 is 37.9. The molecule has 4 aromatic carbocycles. The van der Waals surface area contributed by atoms with Gasteiger partial charge in [0.15, 0.2) is 11.5 Å². The molecule has 2 amide bonds. The lowest BCUT2D eigenvalue weighted by molar-refractivity contribution is -0.104. The quantitative estimate of drug-likeness (QED) is 0.0112. The van der Waals surface area contributed by atoms with E-state index in [9.17, 15) is 9.59 Å². The summed E-state index contributed by atoms with van der Waals surface area (Å²) in [7, 11) is 4.75. The highest BCUT2D eigenvalue weighted by molar-refractivity contribution is 7.99. The van der Waals surface area contributed by atoms with Crippen LogP contribution in [-0.2, 0) is 24.5 Å². The third-order valence-corrected chi connectivity index (χ3v) is 9.12. The predicted molar refractivity (Wildman–Crippen MR) is 237 cm³/mol. The first-order valence-corrected chi connectivity index (χ1v) is 20.2. The standard InChI is InChI=1S/C44H52N6O9S/c1-44(2,3)29-22-38(42(54-6)39(23-29)50-60-7)49-43(52)48-37-12-13-40(36-11-9-8-10-35(36)37)58-31-14-16-46-41(27-31)47-30-24-33(53-5)26-34(25-30)57-21-20-55-18-19-56-28-32(15-17-51)59-45-4/h8-17,22-27,45,50H,18-21,28H2,1-7H3,(H,46,47)(H2,48,49,52)/b32-15-. The fourth-order valence-electron chi connectivity index (χ4n) is 5.90. The number of aromatic nitrogens is 1. The number of nitrogens with one attached hydrogen (secondary N) is 5. The summed E-state index contributed by atoms with van der Waals surface area (Å²) >= 11 is 1.44. The van der Waals surface area contributed by atoms with Gasteiger partial charge in [-0.1, -0.05) is 57.0 Å². The van der Waals surface area contributed by atoms with Crippen LogP contribution in [0.2, 0.25) is 0 Å². The zero-order valence-electron chi connectivity index (χ0n) is 34.8. The largest absolute Gasteiger partial charge is 0.497 e. The van der Waals surface area contributed by atoms with Gasteiger partial charge in [0.2, 0.25) is 0 Å². The van der Waals surface area contributed by atoms with Crippen molar-refractivity contribution in [3.05, 3.63) is 102 Å². The molecule has 0 unspecified atom stereocenters. The molecule has 0 spiro atoms. The number of rotatable bonds is 22. The summed E-state index contributed by atoms with van der Waals surface area (Å²) in [6.07, 6.45) is 5.49. The molecule has 0 atom stereocenters. The van der Waals surface area contributed by atoms with E-state index in [4.69, 9.17) is 33.3 Å². The minimum absolute atomic E-state index is 0.135. The molecule has 0 fully saturated rings. The lowest BCUT2D eigenvalue weighted by Gasteiger charge is -2.24. The SMILES string of the molecule is CNO/C(=C\C=O)COCCOCCOc1cc(Nc2cc(Oc3ccc(NC(=O)Nc4cc(C(C)(C)C)cc(NSC)c4OC)c4ccccc34)ccn2)cc(OC)c1. The number of methoxy groups -OCH3 is 2. The molecule has 16 heteroatoms. The van der Waals surface area contributed by atoms with Crippen LogP contribution in [0.15, 0.2) is 96.9 Å². The minimum atomic E-state index is -0.421. The minimum Gasteiger partial charge on any atom is -0.497 e. The van der Waals surface area contributed by atoms with Crippen molar-refractivity contribution in [2.75, 3.05) is 81.2 Å². The second-order valence-electron chi connectivity index (χ2n) is 14.0. The van der Waals surface area contributed by atoms with E-state index in [2.05, 4.69) is 51.9 Å². The lowest BCUT2D eigenvalue weighted by atomic mass is 9.86. The van der Waals surface area contributed by atoms with Gasteiger partial charge in [0.1, 0.15) is 48.3 Å². The van der Waals surface area contributed by atoms with Gasteiger partial charge in [-0.15, -0.1) is 0 Å². The van der Waals surface area contributed by atoms with E-state index in [1.54, 1.807) is 45.7 Å². The highest BCUT2D eigenvalue weighted by Crippen LogP contribution is 2.40. The Morgan fingerprint density at radius 3 is 2.27 bits per heavy atom. The number of amides is 2. The predicted octanol–water partition coefficient (Wildman–Crippen LogP) is 9.07. The zero-order chi connectivity index (χ0) is 42.9. The van der Waals surface area contributed by atoms with Crippen LogP contribution < -0.4 is 45.1 Å². The van der Waals surface area contributed by atoms with Gasteiger partial charge in [-0.25, -0.2) is 9.78 Å². The molecule has 0 aliphatic heterocycles. The van der Waals surface area contributed by atoms with Crippen molar-refractivity contribution < 1.29 is 42.8 Å². The Bertz CT molecular complexity index is 2250. The molecule has 5 N–H and O–H groups in total. The van der Waals surface area contributed by atoms with E-state index in [1.165, 1.54) is 18.0 Å². The van der Waals surface area contributed by atoms with E-state index < -0.39 is 6.03 Å². The summed E-state index contributed by atoms with van der Waals surface area (Å²) in [6.45, 7) is 7.74. The van der Waals surface area contributed by atoms with Crippen LogP contribution in [0.3, 0.4) is 0 Å². The van der Waals surface area contributed by atoms with Crippen molar-refractivity contribution in [1.82, 2.24) is 10.5 Å². The van der Waals surface area contributed by atoms with Gasteiger partial charge < -0.3 is 53.9 Å². The van der Waals surface area contributed by atoms with Crippen LogP contribution >= 0.6 is 11.9 Å². The van der Waals surface area contributed by atoms with Crippen molar-refractivity contribution in [2.45, 2.75) is 26.2 Å². The molecular weight excluding hydrogens is 789 g/mol. The topological polar surface area (TPSA) is 172 Å². The van der Waals surface area contributed by atoms with Crippen LogP contribution in [0.25, 0.3) is 10.8 Å². The number of hydroxylamine groups is 1. The van der Waals surface area contributed by atoms with Gasteiger partial charge in [-0.2, -0.15) is 5.48 Å². The van der Waals surface area contributed by atoms with Gasteiger partial charge in [0, 0.05) is 66.3 Å². The lowest BCUT2D eigenvalue weighted by Crippen LogP contribution is -2.21. The molecule has 0 bridgehead atoms. The number of hydrogen-bond donors (Lipinski definition) is 5. The molecule has 5 aromatic rings. The maximum Gasteiger partial charge on any atom is 0.323 e. The van der Waals surface area contributed by atoms with Crippen molar-refractivity contribution in [2.24, 2.45) is 0 Å². The maximum absolute atomic E-state index is 13.5. The van der Waals surface area contributed by atoms with Crippen molar-refractivity contribution >= 4 is 63.6 Å². The summed E-state index contributed by atoms with van der Waals surface area (Å²) in [5.41, 5.74) is 5.98. The molecule has 15 nitrogen and oxygen atoms in total. The van der Waals surface area contributed by atoms with E-state index in [0.29, 0.717) is 83.5 Å². The van der Waals surface area contributed by atoms with Crippen molar-refractivity contribution in [3.63, 3.8) is 0 Å². The summed E-state index contributed by atoms with van der Waals surface area (Å²) in [5, 5.41) is 10.9. The number of fused-ring (bicyclic) bond motifs is 1. The first-order chi connectivity index (χ1) is 29.0. The average molecular weight is 841 g/mol. The molecular formula is C44H52N6O9S. The van der Waals surface area contributed by atoms with Crippen molar-refractivity contribution in [1.29, 1.82) is 0 Å². The molecule has 318 valence electrons. The number of benzene rings is 4. The third kappa shape index (κ3) is 12.9. The second kappa shape index (κ2) is 22.2. The highest BCUT2D eigenvalue weighted by atomic mass is 32.2. The summed E-state index contributed by atoms with van der Waals surface area (Å²) in [5.74, 6) is 3.72. The number of ether oxygens (including phenoxy) is 6.